The predicted octanol–water partition coefficient (Wildman–Crippen LogP) is 4.54. The zero-order valence-corrected chi connectivity index (χ0v) is 13.1. The number of rotatable bonds is 3. The predicted molar refractivity (Wildman–Crippen MR) is 89.2 cm³/mol. The first-order valence-corrected chi connectivity index (χ1v) is 7.37. The molecule has 22 heavy (non-hydrogen) atoms. The van der Waals surface area contributed by atoms with Gasteiger partial charge in [0.25, 0.3) is 0 Å². The zero-order valence-electron chi connectivity index (χ0n) is 13.1. The van der Waals surface area contributed by atoms with Crippen molar-refractivity contribution in [3.8, 4) is 0 Å². The Morgan fingerprint density at radius 2 is 1.86 bits per heavy atom. The van der Waals surface area contributed by atoms with Gasteiger partial charge in [-0.3, -0.25) is 4.79 Å². The Kier molecular flexibility index (Phi) is 3.72. The number of hydrogen-bond donors (Lipinski definition) is 1. The molecule has 0 saturated carbocycles. The van der Waals surface area contributed by atoms with Gasteiger partial charge in [0.15, 0.2) is 0 Å². The Bertz CT molecular complexity index is 846. The summed E-state index contributed by atoms with van der Waals surface area (Å²) in [6, 6.07) is 12.0. The summed E-state index contributed by atoms with van der Waals surface area (Å²) in [6.45, 7) is 6.12. The van der Waals surface area contributed by atoms with Crippen LogP contribution in [0.2, 0.25) is 0 Å². The Labute approximate surface area is 130 Å². The third-order valence-electron chi connectivity index (χ3n) is 3.95. The summed E-state index contributed by atoms with van der Waals surface area (Å²) in [5.41, 5.74) is 6.10. The molecular weight excluding hydrogens is 274 g/mol. The Morgan fingerprint density at radius 3 is 2.64 bits per heavy atom. The average molecular weight is 293 g/mol. The quantitative estimate of drug-likeness (QED) is 0.770. The van der Waals surface area contributed by atoms with E-state index in [0.29, 0.717) is 6.42 Å². The second-order valence-corrected chi connectivity index (χ2v) is 5.78. The molecule has 1 amide bonds. The fourth-order valence-corrected chi connectivity index (χ4v) is 2.52. The largest absolute Gasteiger partial charge is 0.464 e. The first kappa shape index (κ1) is 14.4. The number of anilines is 1. The molecule has 0 aliphatic rings. The molecule has 112 valence electrons. The molecule has 3 aromatic rings. The number of aryl methyl sites for hydroxylation is 3. The lowest BCUT2D eigenvalue weighted by molar-refractivity contribution is -0.115. The molecule has 0 unspecified atom stereocenters. The second-order valence-electron chi connectivity index (χ2n) is 5.78. The van der Waals surface area contributed by atoms with Crippen molar-refractivity contribution in [3.05, 3.63) is 64.9 Å². The van der Waals surface area contributed by atoms with Crippen LogP contribution >= 0.6 is 0 Å². The van der Waals surface area contributed by atoms with Crippen LogP contribution in [0, 0.1) is 20.8 Å². The number of carbonyl (C=O) groups is 1. The summed E-state index contributed by atoms with van der Waals surface area (Å²) in [5.74, 6) is -0.0356. The number of furan rings is 1. The highest BCUT2D eigenvalue weighted by molar-refractivity contribution is 5.95. The highest BCUT2D eigenvalue weighted by atomic mass is 16.3. The molecular formula is C19H19NO2. The van der Waals surface area contributed by atoms with Crippen molar-refractivity contribution in [3.63, 3.8) is 0 Å². The van der Waals surface area contributed by atoms with Crippen LogP contribution in [0.25, 0.3) is 11.0 Å². The van der Waals surface area contributed by atoms with E-state index in [-0.39, 0.29) is 5.91 Å². The van der Waals surface area contributed by atoms with Gasteiger partial charge in [0.2, 0.25) is 5.91 Å². The van der Waals surface area contributed by atoms with E-state index < -0.39 is 0 Å². The van der Waals surface area contributed by atoms with E-state index in [1.165, 1.54) is 11.1 Å². The monoisotopic (exact) mass is 293 g/mol. The van der Waals surface area contributed by atoms with Crippen molar-refractivity contribution in [2.45, 2.75) is 27.2 Å². The van der Waals surface area contributed by atoms with Crippen molar-refractivity contribution in [2.75, 3.05) is 5.32 Å². The van der Waals surface area contributed by atoms with Gasteiger partial charge in [0, 0.05) is 16.6 Å². The maximum absolute atomic E-state index is 12.2. The average Bonchev–Trinajstić information content (AvgIpc) is 2.85. The Hall–Kier alpha value is -2.55. The summed E-state index contributed by atoms with van der Waals surface area (Å²) in [4.78, 5) is 12.2. The first-order chi connectivity index (χ1) is 10.5. The lowest BCUT2D eigenvalue weighted by Gasteiger charge is -2.07. The molecule has 0 bridgehead atoms. The van der Waals surface area contributed by atoms with Crippen molar-refractivity contribution < 1.29 is 9.21 Å². The normalized spacial score (nSPS) is 10.9. The van der Waals surface area contributed by atoms with E-state index in [2.05, 4.69) is 12.2 Å². The van der Waals surface area contributed by atoms with Gasteiger partial charge in [-0.2, -0.15) is 0 Å². The second kappa shape index (κ2) is 5.68. The minimum Gasteiger partial charge on any atom is -0.464 e. The summed E-state index contributed by atoms with van der Waals surface area (Å²) in [5, 5.41) is 3.94. The zero-order chi connectivity index (χ0) is 15.7. The molecule has 0 spiro atoms. The van der Waals surface area contributed by atoms with Crippen LogP contribution in [0.5, 0.6) is 0 Å². The highest BCUT2D eigenvalue weighted by Gasteiger charge is 2.11. The number of hydrogen-bond acceptors (Lipinski definition) is 2. The van der Waals surface area contributed by atoms with Gasteiger partial charge < -0.3 is 9.73 Å². The first-order valence-electron chi connectivity index (χ1n) is 7.37. The third-order valence-corrected chi connectivity index (χ3v) is 3.95. The maximum Gasteiger partial charge on any atom is 0.228 e. The molecule has 0 saturated heterocycles. The summed E-state index contributed by atoms with van der Waals surface area (Å²) < 4.78 is 5.54. The van der Waals surface area contributed by atoms with Crippen molar-refractivity contribution >= 4 is 22.6 Å². The van der Waals surface area contributed by atoms with E-state index in [9.17, 15) is 4.79 Å². The molecule has 2 aromatic carbocycles. The van der Waals surface area contributed by atoms with Gasteiger partial charge in [-0.1, -0.05) is 18.2 Å². The van der Waals surface area contributed by atoms with Crippen molar-refractivity contribution in [2.24, 2.45) is 0 Å². The summed E-state index contributed by atoms with van der Waals surface area (Å²) in [7, 11) is 0. The standard InChI is InChI=1S/C19H19NO2/c1-12-4-7-17-15(11-22-18(17)8-12)10-19(21)20-16-6-5-13(2)14(3)9-16/h4-9,11H,10H2,1-3H3,(H,20,21). The molecule has 0 radical (unpaired) electrons. The third kappa shape index (κ3) is 2.89. The van der Waals surface area contributed by atoms with E-state index in [0.717, 1.165) is 27.8 Å². The molecule has 0 aliphatic carbocycles. The topological polar surface area (TPSA) is 42.2 Å². The van der Waals surface area contributed by atoms with Crippen LogP contribution in [-0.4, -0.2) is 5.91 Å². The van der Waals surface area contributed by atoms with Gasteiger partial charge in [0.1, 0.15) is 5.58 Å². The van der Waals surface area contributed by atoms with E-state index in [1.54, 1.807) is 6.26 Å². The molecule has 1 N–H and O–H groups in total. The highest BCUT2D eigenvalue weighted by Crippen LogP contribution is 2.23. The lowest BCUT2D eigenvalue weighted by atomic mass is 10.1. The Morgan fingerprint density at radius 1 is 1.05 bits per heavy atom. The smallest absolute Gasteiger partial charge is 0.228 e. The van der Waals surface area contributed by atoms with Crippen molar-refractivity contribution in [1.82, 2.24) is 0 Å². The van der Waals surface area contributed by atoms with Crippen LogP contribution in [0.15, 0.2) is 47.1 Å². The number of carbonyl (C=O) groups excluding carboxylic acids is 1. The van der Waals surface area contributed by atoms with Crippen LogP contribution in [0.4, 0.5) is 5.69 Å². The van der Waals surface area contributed by atoms with Crippen LogP contribution < -0.4 is 5.32 Å². The minimum absolute atomic E-state index is 0.0356. The van der Waals surface area contributed by atoms with Gasteiger partial charge in [0.05, 0.1) is 12.7 Å². The molecule has 3 heteroatoms. The number of fused-ring (bicyclic) bond motifs is 1. The fourth-order valence-electron chi connectivity index (χ4n) is 2.52. The molecule has 0 atom stereocenters. The van der Waals surface area contributed by atoms with Gasteiger partial charge in [-0.25, -0.2) is 0 Å². The maximum atomic E-state index is 12.2. The van der Waals surface area contributed by atoms with Crippen LogP contribution in [0.1, 0.15) is 22.3 Å². The minimum atomic E-state index is -0.0356. The number of amides is 1. The summed E-state index contributed by atoms with van der Waals surface area (Å²) in [6.07, 6.45) is 1.98. The van der Waals surface area contributed by atoms with E-state index in [4.69, 9.17) is 4.42 Å². The number of benzene rings is 2. The molecule has 1 heterocycles. The molecule has 0 fully saturated rings. The van der Waals surface area contributed by atoms with Gasteiger partial charge in [-0.05, 0) is 55.7 Å². The van der Waals surface area contributed by atoms with Crippen LogP contribution in [-0.2, 0) is 11.2 Å². The fraction of sp³-hybridized carbons (Fsp3) is 0.211. The SMILES string of the molecule is Cc1ccc2c(CC(=O)Nc3ccc(C)c(C)c3)coc2c1. The summed E-state index contributed by atoms with van der Waals surface area (Å²) >= 11 is 0. The molecule has 3 nitrogen and oxygen atoms in total. The lowest BCUT2D eigenvalue weighted by Crippen LogP contribution is -2.14. The molecule has 0 aliphatic heterocycles. The van der Waals surface area contributed by atoms with Crippen LogP contribution in [0.3, 0.4) is 0 Å². The van der Waals surface area contributed by atoms with Crippen molar-refractivity contribution in [1.29, 1.82) is 0 Å². The Balaban J connectivity index is 1.76. The molecule has 3 rings (SSSR count). The van der Waals surface area contributed by atoms with E-state index in [1.807, 2.05) is 50.2 Å². The van der Waals surface area contributed by atoms with Gasteiger partial charge >= 0.3 is 0 Å². The van der Waals surface area contributed by atoms with Gasteiger partial charge in [-0.15, -0.1) is 0 Å². The number of nitrogens with one attached hydrogen (secondary N) is 1. The molecule has 1 aromatic heterocycles. The van der Waals surface area contributed by atoms with E-state index >= 15 is 0 Å².